The largest absolute Gasteiger partial charge is 0.445 e. The molecule has 0 aliphatic rings. The highest BCUT2D eigenvalue weighted by Crippen LogP contribution is 2.17. The fourth-order valence-electron chi connectivity index (χ4n) is 2.00. The lowest BCUT2D eigenvalue weighted by Crippen LogP contribution is -2.29. The fourth-order valence-corrected chi connectivity index (χ4v) is 2.00. The molecule has 2 rings (SSSR count). The molecular weight excluding hydrogens is 285 g/mol. The summed E-state index contributed by atoms with van der Waals surface area (Å²) in [6.07, 6.45) is 0.0664. The lowest BCUT2D eigenvalue weighted by Gasteiger charge is -2.17. The molecule has 0 radical (unpaired) electrons. The normalized spacial score (nSPS) is 11.5. The van der Waals surface area contributed by atoms with Gasteiger partial charge in [0.1, 0.15) is 18.7 Å². The van der Waals surface area contributed by atoms with Crippen molar-refractivity contribution in [2.24, 2.45) is 0 Å². The molecule has 1 N–H and O–H groups in total. The van der Waals surface area contributed by atoms with Crippen LogP contribution in [0.4, 0.5) is 9.18 Å². The van der Waals surface area contributed by atoms with E-state index in [-0.39, 0.29) is 13.0 Å². The van der Waals surface area contributed by atoms with Crippen molar-refractivity contribution in [2.45, 2.75) is 19.1 Å². The minimum Gasteiger partial charge on any atom is -0.445 e. The summed E-state index contributed by atoms with van der Waals surface area (Å²) in [4.78, 5) is 22.6. The Kier molecular flexibility index (Phi) is 5.65. The second-order valence-corrected chi connectivity index (χ2v) is 4.72. The maximum atomic E-state index is 13.2. The Morgan fingerprint density at radius 1 is 1.18 bits per heavy atom. The van der Waals surface area contributed by atoms with Crippen LogP contribution in [0.3, 0.4) is 0 Å². The fraction of sp³-hybridized carbons (Fsp3) is 0.176. The van der Waals surface area contributed by atoms with Crippen LogP contribution < -0.4 is 5.32 Å². The van der Waals surface area contributed by atoms with Gasteiger partial charge in [0.05, 0.1) is 6.04 Å². The van der Waals surface area contributed by atoms with Gasteiger partial charge in [0.15, 0.2) is 0 Å². The molecule has 0 fully saturated rings. The van der Waals surface area contributed by atoms with E-state index in [0.717, 1.165) is 5.56 Å². The molecule has 2 aromatic carbocycles. The van der Waals surface area contributed by atoms with Crippen LogP contribution in [-0.4, -0.2) is 12.4 Å². The van der Waals surface area contributed by atoms with Crippen molar-refractivity contribution >= 4 is 12.4 Å². The van der Waals surface area contributed by atoms with Crippen molar-refractivity contribution < 1.29 is 18.7 Å². The summed E-state index contributed by atoms with van der Waals surface area (Å²) in [7, 11) is 0. The van der Waals surface area contributed by atoms with E-state index >= 15 is 0 Å². The molecular formula is C17H16FNO3. The minimum atomic E-state index is -0.653. The van der Waals surface area contributed by atoms with E-state index in [1.807, 2.05) is 30.3 Å². The van der Waals surface area contributed by atoms with Crippen molar-refractivity contribution in [3.63, 3.8) is 0 Å². The lowest BCUT2D eigenvalue weighted by atomic mass is 10.0. The Morgan fingerprint density at radius 3 is 2.64 bits per heavy atom. The van der Waals surface area contributed by atoms with E-state index in [4.69, 9.17) is 4.74 Å². The lowest BCUT2D eigenvalue weighted by molar-refractivity contribution is -0.108. The molecule has 0 unspecified atom stereocenters. The molecule has 0 spiro atoms. The van der Waals surface area contributed by atoms with Crippen LogP contribution in [-0.2, 0) is 16.1 Å². The standard InChI is InChI=1S/C17H16FNO3/c18-15-8-4-7-14(11-15)16(9-10-20)19-17(21)22-12-13-5-2-1-3-6-13/h1-8,10-11,16H,9,12H2,(H,19,21)/t16-/m0/s1. The number of benzene rings is 2. The molecule has 0 aliphatic heterocycles. The van der Waals surface area contributed by atoms with Crippen LogP contribution in [0.25, 0.3) is 0 Å². The Labute approximate surface area is 127 Å². The highest BCUT2D eigenvalue weighted by atomic mass is 19.1. The predicted octanol–water partition coefficient (Wildman–Crippen LogP) is 3.38. The van der Waals surface area contributed by atoms with E-state index < -0.39 is 18.0 Å². The summed E-state index contributed by atoms with van der Waals surface area (Å²) >= 11 is 0. The number of aldehydes is 1. The van der Waals surface area contributed by atoms with Gasteiger partial charge in [-0.1, -0.05) is 42.5 Å². The maximum absolute atomic E-state index is 13.2. The van der Waals surface area contributed by atoms with Crippen molar-refractivity contribution in [1.82, 2.24) is 5.32 Å². The van der Waals surface area contributed by atoms with Gasteiger partial charge in [-0.3, -0.25) is 0 Å². The smallest absolute Gasteiger partial charge is 0.407 e. The molecule has 0 saturated carbocycles. The van der Waals surface area contributed by atoms with Crippen LogP contribution in [0.2, 0.25) is 0 Å². The third-order valence-electron chi connectivity index (χ3n) is 3.09. The van der Waals surface area contributed by atoms with Crippen LogP contribution in [0.5, 0.6) is 0 Å². The van der Waals surface area contributed by atoms with E-state index in [9.17, 15) is 14.0 Å². The van der Waals surface area contributed by atoms with Crippen LogP contribution in [0, 0.1) is 5.82 Å². The number of hydrogen-bond acceptors (Lipinski definition) is 3. The number of alkyl carbamates (subject to hydrolysis) is 1. The highest BCUT2D eigenvalue weighted by molar-refractivity contribution is 5.68. The topological polar surface area (TPSA) is 55.4 Å². The van der Waals surface area contributed by atoms with Gasteiger partial charge in [0.2, 0.25) is 0 Å². The highest BCUT2D eigenvalue weighted by Gasteiger charge is 2.15. The second-order valence-electron chi connectivity index (χ2n) is 4.72. The Bertz CT molecular complexity index is 631. The molecule has 0 aliphatic carbocycles. The zero-order valence-corrected chi connectivity index (χ0v) is 11.9. The van der Waals surface area contributed by atoms with E-state index in [1.165, 1.54) is 18.2 Å². The van der Waals surface area contributed by atoms with Gasteiger partial charge in [0, 0.05) is 6.42 Å². The number of carbonyl (C=O) groups is 2. The van der Waals surface area contributed by atoms with Crippen LogP contribution in [0.1, 0.15) is 23.6 Å². The van der Waals surface area contributed by atoms with Gasteiger partial charge in [-0.05, 0) is 23.3 Å². The SMILES string of the molecule is O=CC[C@H](NC(=O)OCc1ccccc1)c1cccc(F)c1. The van der Waals surface area contributed by atoms with Gasteiger partial charge in [0.25, 0.3) is 0 Å². The maximum Gasteiger partial charge on any atom is 0.407 e. The van der Waals surface area contributed by atoms with Crippen LogP contribution in [0.15, 0.2) is 54.6 Å². The summed E-state index contributed by atoms with van der Waals surface area (Å²) in [6, 6.07) is 14.4. The molecule has 1 amide bonds. The average Bonchev–Trinajstić information content (AvgIpc) is 2.53. The van der Waals surface area contributed by atoms with Gasteiger partial charge >= 0.3 is 6.09 Å². The number of carbonyl (C=O) groups excluding carboxylic acids is 2. The molecule has 1 atom stereocenters. The molecule has 0 bridgehead atoms. The average molecular weight is 301 g/mol. The summed E-state index contributed by atoms with van der Waals surface area (Å²) < 4.78 is 18.3. The Balaban J connectivity index is 1.95. The quantitative estimate of drug-likeness (QED) is 0.832. The summed E-state index contributed by atoms with van der Waals surface area (Å²) in [5.74, 6) is -0.423. The first kappa shape index (κ1) is 15.7. The van der Waals surface area contributed by atoms with Crippen molar-refractivity contribution in [3.05, 3.63) is 71.5 Å². The third-order valence-corrected chi connectivity index (χ3v) is 3.09. The predicted molar refractivity (Wildman–Crippen MR) is 79.6 cm³/mol. The van der Waals surface area contributed by atoms with Crippen molar-refractivity contribution in [1.29, 1.82) is 0 Å². The summed E-state index contributed by atoms with van der Waals surface area (Å²) in [5.41, 5.74) is 1.37. The van der Waals surface area contributed by atoms with Gasteiger partial charge in [-0.15, -0.1) is 0 Å². The molecule has 22 heavy (non-hydrogen) atoms. The monoisotopic (exact) mass is 301 g/mol. The first-order valence-corrected chi connectivity index (χ1v) is 6.85. The van der Waals surface area contributed by atoms with E-state index in [0.29, 0.717) is 11.8 Å². The van der Waals surface area contributed by atoms with E-state index in [1.54, 1.807) is 6.07 Å². The summed E-state index contributed by atoms with van der Waals surface area (Å²) in [6.45, 7) is 0.129. The number of amides is 1. The number of halogens is 1. The zero-order chi connectivity index (χ0) is 15.8. The molecule has 0 saturated heterocycles. The number of ether oxygens (including phenoxy) is 1. The number of nitrogens with one attached hydrogen (secondary N) is 1. The molecule has 2 aromatic rings. The molecule has 114 valence electrons. The van der Waals surface area contributed by atoms with Crippen molar-refractivity contribution in [3.8, 4) is 0 Å². The van der Waals surface area contributed by atoms with Gasteiger partial charge in [-0.2, -0.15) is 0 Å². The summed E-state index contributed by atoms with van der Waals surface area (Å²) in [5, 5.41) is 2.57. The number of rotatable bonds is 6. The molecule has 0 aromatic heterocycles. The molecule has 5 heteroatoms. The Morgan fingerprint density at radius 2 is 1.95 bits per heavy atom. The van der Waals surface area contributed by atoms with E-state index in [2.05, 4.69) is 5.32 Å². The molecule has 0 heterocycles. The van der Waals surface area contributed by atoms with Crippen molar-refractivity contribution in [2.75, 3.05) is 0 Å². The van der Waals surface area contributed by atoms with Crippen LogP contribution >= 0.6 is 0 Å². The number of hydrogen-bond donors (Lipinski definition) is 1. The first-order chi connectivity index (χ1) is 10.7. The molecule has 4 nitrogen and oxygen atoms in total. The zero-order valence-electron chi connectivity index (χ0n) is 11.9. The Hall–Kier alpha value is -2.69. The third kappa shape index (κ3) is 4.70. The van der Waals surface area contributed by atoms with Gasteiger partial charge in [-0.25, -0.2) is 9.18 Å². The first-order valence-electron chi connectivity index (χ1n) is 6.85. The second kappa shape index (κ2) is 7.93. The minimum absolute atomic E-state index is 0.0455. The van der Waals surface area contributed by atoms with Gasteiger partial charge < -0.3 is 14.8 Å².